The van der Waals surface area contributed by atoms with Crippen LogP contribution in [0.1, 0.15) is 37.7 Å². The van der Waals surface area contributed by atoms with Gasteiger partial charge in [0.05, 0.1) is 16.6 Å². The molecule has 1 heterocycles. The number of alkyl halides is 1. The first-order valence-electron chi connectivity index (χ1n) is 14.7. The molecule has 7 nitrogen and oxygen atoms in total. The Morgan fingerprint density at radius 1 is 0.905 bits per heavy atom. The van der Waals surface area contributed by atoms with Gasteiger partial charge < -0.3 is 19.6 Å². The average molecular weight is 589 g/mol. The van der Waals surface area contributed by atoms with Crippen LogP contribution in [0.2, 0.25) is 0 Å². The van der Waals surface area contributed by atoms with E-state index in [0.29, 0.717) is 40.5 Å². The molecule has 0 aliphatic heterocycles. The number of nitrogens with zero attached hydrogens (tertiary/aromatic N) is 4. The molecule has 0 bridgehead atoms. The minimum Gasteiger partial charge on any atom is -0.504 e. The lowest BCUT2D eigenvalue weighted by molar-refractivity contribution is 0.217. The van der Waals surface area contributed by atoms with Crippen LogP contribution < -0.4 is 10.3 Å². The summed E-state index contributed by atoms with van der Waals surface area (Å²) in [5, 5.41) is 11.2. The number of fused-ring (bicyclic) bond motifs is 1. The van der Waals surface area contributed by atoms with E-state index in [-0.39, 0.29) is 11.3 Å². The van der Waals surface area contributed by atoms with Gasteiger partial charge in [-0.05, 0) is 74.1 Å². The van der Waals surface area contributed by atoms with Gasteiger partial charge in [0.15, 0.2) is 11.5 Å². The second-order valence-corrected chi connectivity index (χ2v) is 10.5. The summed E-state index contributed by atoms with van der Waals surface area (Å²) in [6.07, 6.45) is 4.46. The lowest BCUT2D eigenvalue weighted by Gasteiger charge is -2.19. The van der Waals surface area contributed by atoms with Crippen LogP contribution in [-0.4, -0.2) is 76.2 Å². The Morgan fingerprint density at radius 3 is 2.38 bits per heavy atom. The molecule has 8 heteroatoms. The molecule has 0 unspecified atom stereocenters. The third kappa shape index (κ3) is 7.79. The molecule has 4 aromatic rings. The maximum absolute atomic E-state index is 14.0. The lowest BCUT2D eigenvalue weighted by atomic mass is 10.1. The van der Waals surface area contributed by atoms with E-state index in [1.807, 2.05) is 60.7 Å². The summed E-state index contributed by atoms with van der Waals surface area (Å²) in [4.78, 5) is 23.5. The van der Waals surface area contributed by atoms with Crippen LogP contribution in [-0.2, 0) is 6.42 Å². The number of phenols is 1. The van der Waals surface area contributed by atoms with E-state index >= 15 is 0 Å². The summed E-state index contributed by atoms with van der Waals surface area (Å²) < 4.78 is 7.67. The molecule has 3 aromatic carbocycles. The molecule has 0 saturated heterocycles. The van der Waals surface area contributed by atoms with E-state index in [2.05, 4.69) is 30.6 Å². The predicted molar refractivity (Wildman–Crippen MR) is 174 cm³/mol. The Hall–Kier alpha value is -3.65. The van der Waals surface area contributed by atoms with Gasteiger partial charge in [-0.2, -0.15) is 0 Å². The molecule has 0 saturated carbocycles. The van der Waals surface area contributed by atoms with Crippen LogP contribution in [0.15, 0.2) is 71.5 Å². The number of phenolic OH excluding ortho intramolecular Hbond substituents is 1. The Bertz CT molecular complexity index is 1530. The van der Waals surface area contributed by atoms with Gasteiger partial charge in [-0.15, -0.1) is 11.6 Å². The molecule has 4 rings (SSSR count). The van der Waals surface area contributed by atoms with Gasteiger partial charge in [-0.25, -0.2) is 4.98 Å². The third-order valence-electron chi connectivity index (χ3n) is 7.52. The highest BCUT2D eigenvalue weighted by Gasteiger charge is 2.14. The van der Waals surface area contributed by atoms with Gasteiger partial charge in [-0.3, -0.25) is 9.36 Å². The second kappa shape index (κ2) is 15.5. The van der Waals surface area contributed by atoms with E-state index in [9.17, 15) is 9.90 Å². The monoisotopic (exact) mass is 588 g/mol. The van der Waals surface area contributed by atoms with Crippen molar-refractivity contribution in [2.24, 2.45) is 0 Å². The van der Waals surface area contributed by atoms with Crippen molar-refractivity contribution in [3.8, 4) is 17.2 Å². The fourth-order valence-electron chi connectivity index (χ4n) is 4.99. The predicted octanol–water partition coefficient (Wildman–Crippen LogP) is 6.09. The van der Waals surface area contributed by atoms with Crippen LogP contribution in [0.4, 0.5) is 0 Å². The molecule has 0 fully saturated rings. The zero-order valence-electron chi connectivity index (χ0n) is 24.8. The number of likely N-dealkylation sites (N-methyl/N-ethyl adjacent to an activating group) is 2. The normalized spacial score (nSPS) is 11.8. The molecular weight excluding hydrogens is 548 g/mol. The number of hydrogen-bond acceptors (Lipinski definition) is 6. The summed E-state index contributed by atoms with van der Waals surface area (Å²) in [7, 11) is 0. The first-order valence-corrected chi connectivity index (χ1v) is 15.3. The van der Waals surface area contributed by atoms with Gasteiger partial charge in [0.25, 0.3) is 5.56 Å². The summed E-state index contributed by atoms with van der Waals surface area (Å²) in [6.45, 7) is 12.1. The maximum atomic E-state index is 14.0. The fourth-order valence-corrected chi connectivity index (χ4v) is 5.23. The van der Waals surface area contributed by atoms with Gasteiger partial charge in [0.2, 0.25) is 0 Å². The van der Waals surface area contributed by atoms with Crippen molar-refractivity contribution in [2.45, 2.75) is 27.2 Å². The standard InChI is InChI=1S/C34H41ClN4O3/c1-4-37(5-2)23-24-42-33-27(11-10-14-31(33)40)16-18-32-36-30-17-15-26(19-21-38(6-3)22-20-35)25-29(30)34(41)39(32)28-12-8-7-9-13-28/h7-18,25,40H,4-6,19-24H2,1-3H3/b18-16+. The van der Waals surface area contributed by atoms with E-state index in [1.165, 1.54) is 0 Å². The van der Waals surface area contributed by atoms with Crippen LogP contribution >= 0.6 is 11.6 Å². The lowest BCUT2D eigenvalue weighted by Crippen LogP contribution is -2.28. The molecule has 42 heavy (non-hydrogen) atoms. The zero-order chi connectivity index (χ0) is 29.9. The first kappa shape index (κ1) is 31.3. The van der Waals surface area contributed by atoms with Crippen molar-refractivity contribution in [1.82, 2.24) is 19.4 Å². The molecule has 0 radical (unpaired) electrons. The molecule has 0 atom stereocenters. The van der Waals surface area contributed by atoms with Gasteiger partial charge >= 0.3 is 0 Å². The number of ether oxygens (including phenoxy) is 1. The molecule has 222 valence electrons. The van der Waals surface area contributed by atoms with Crippen molar-refractivity contribution in [3.63, 3.8) is 0 Å². The molecule has 0 spiro atoms. The third-order valence-corrected chi connectivity index (χ3v) is 7.69. The topological polar surface area (TPSA) is 70.8 Å². The molecule has 1 aromatic heterocycles. The number of halogens is 1. The van der Waals surface area contributed by atoms with Crippen LogP contribution in [0.5, 0.6) is 11.5 Å². The van der Waals surface area contributed by atoms with E-state index in [1.54, 1.807) is 22.8 Å². The summed E-state index contributed by atoms with van der Waals surface area (Å²) in [6, 6.07) is 20.7. The summed E-state index contributed by atoms with van der Waals surface area (Å²) in [5.41, 5.74) is 3.02. The SMILES string of the molecule is CCN(CC)CCOc1c(O)cccc1/C=C/c1nc2ccc(CCN(CC)CCCl)cc2c(=O)n1-c1ccccc1. The van der Waals surface area contributed by atoms with E-state index < -0.39 is 0 Å². The Labute approximate surface area is 253 Å². The highest BCUT2D eigenvalue weighted by Crippen LogP contribution is 2.31. The van der Waals surface area contributed by atoms with Gasteiger partial charge in [-0.1, -0.05) is 57.2 Å². The second-order valence-electron chi connectivity index (χ2n) is 10.1. The van der Waals surface area contributed by atoms with Crippen LogP contribution in [0.3, 0.4) is 0 Å². The summed E-state index contributed by atoms with van der Waals surface area (Å²) >= 11 is 5.95. The Morgan fingerprint density at radius 2 is 1.67 bits per heavy atom. The molecule has 1 N–H and O–H groups in total. The largest absolute Gasteiger partial charge is 0.504 e. The van der Waals surface area contributed by atoms with Crippen molar-refractivity contribution >= 4 is 34.7 Å². The Kier molecular flexibility index (Phi) is 11.6. The van der Waals surface area contributed by atoms with Crippen LogP contribution in [0.25, 0.3) is 28.7 Å². The first-order chi connectivity index (χ1) is 20.5. The molecule has 0 amide bonds. The fraction of sp³-hybridized carbons (Fsp3) is 0.353. The van der Waals surface area contributed by atoms with Crippen molar-refractivity contribution < 1.29 is 9.84 Å². The van der Waals surface area contributed by atoms with Crippen LogP contribution in [0, 0.1) is 0 Å². The molecule has 0 aliphatic rings. The van der Waals surface area contributed by atoms with Gasteiger partial charge in [0, 0.05) is 31.1 Å². The Balaban J connectivity index is 1.71. The molecular formula is C34H41ClN4O3. The number of aromatic hydroxyl groups is 1. The quantitative estimate of drug-likeness (QED) is 0.170. The van der Waals surface area contributed by atoms with Gasteiger partial charge in [0.1, 0.15) is 12.4 Å². The number of para-hydroxylation sites is 2. The van der Waals surface area contributed by atoms with E-state index in [4.69, 9.17) is 21.3 Å². The number of aromatic nitrogens is 2. The zero-order valence-corrected chi connectivity index (χ0v) is 25.6. The number of rotatable bonds is 15. The average Bonchev–Trinajstić information content (AvgIpc) is 3.01. The summed E-state index contributed by atoms with van der Waals surface area (Å²) in [5.74, 6) is 1.57. The van der Waals surface area contributed by atoms with Crippen molar-refractivity contribution in [3.05, 3.63) is 94.0 Å². The smallest absolute Gasteiger partial charge is 0.266 e. The minimum atomic E-state index is -0.132. The highest BCUT2D eigenvalue weighted by molar-refractivity contribution is 6.18. The van der Waals surface area contributed by atoms with Crippen molar-refractivity contribution in [1.29, 1.82) is 0 Å². The number of benzene rings is 3. The van der Waals surface area contributed by atoms with Crippen molar-refractivity contribution in [2.75, 3.05) is 51.8 Å². The molecule has 0 aliphatic carbocycles. The maximum Gasteiger partial charge on any atom is 0.266 e. The highest BCUT2D eigenvalue weighted by atomic mass is 35.5. The van der Waals surface area contributed by atoms with E-state index in [0.717, 1.165) is 56.9 Å². The minimum absolute atomic E-state index is 0.0730. The number of hydrogen-bond donors (Lipinski definition) is 1.